The first-order valence-electron chi connectivity index (χ1n) is 5.34. The summed E-state index contributed by atoms with van der Waals surface area (Å²) in [6.07, 6.45) is 3.22. The van der Waals surface area contributed by atoms with Gasteiger partial charge < -0.3 is 5.73 Å². The van der Waals surface area contributed by atoms with Gasteiger partial charge in [-0.15, -0.1) is 0 Å². The standard InChI is InChI=1S/C12H15BrFN/c13-11-3-4-12(14)10(6-11)5-8-1-2-9(8)7-15/h3-4,6,8-9H,1-2,5,7,15H2. The van der Waals surface area contributed by atoms with Crippen molar-refractivity contribution in [3.05, 3.63) is 34.1 Å². The zero-order chi connectivity index (χ0) is 10.8. The highest BCUT2D eigenvalue weighted by atomic mass is 79.9. The SMILES string of the molecule is NCC1CCC1Cc1cc(Br)ccc1F. The molecular weight excluding hydrogens is 257 g/mol. The van der Waals surface area contributed by atoms with Crippen LogP contribution in [0.25, 0.3) is 0 Å². The number of nitrogens with two attached hydrogens (primary N) is 1. The molecule has 1 saturated carbocycles. The lowest BCUT2D eigenvalue weighted by Crippen LogP contribution is -2.33. The van der Waals surface area contributed by atoms with Crippen LogP contribution in [-0.2, 0) is 6.42 Å². The zero-order valence-corrected chi connectivity index (χ0v) is 10.1. The lowest BCUT2D eigenvalue weighted by molar-refractivity contribution is 0.182. The molecule has 0 aliphatic heterocycles. The van der Waals surface area contributed by atoms with E-state index in [0.29, 0.717) is 11.8 Å². The van der Waals surface area contributed by atoms with Gasteiger partial charge in [-0.3, -0.25) is 0 Å². The molecule has 2 atom stereocenters. The average Bonchev–Trinajstić information content (AvgIpc) is 2.18. The fourth-order valence-corrected chi connectivity index (χ4v) is 2.61. The molecule has 15 heavy (non-hydrogen) atoms. The van der Waals surface area contributed by atoms with E-state index in [4.69, 9.17) is 5.73 Å². The molecule has 1 aliphatic rings. The molecule has 0 aromatic heterocycles. The second-order valence-electron chi connectivity index (χ2n) is 4.27. The van der Waals surface area contributed by atoms with Crippen LogP contribution in [0.4, 0.5) is 4.39 Å². The molecular formula is C12H15BrFN. The second-order valence-corrected chi connectivity index (χ2v) is 5.19. The van der Waals surface area contributed by atoms with Gasteiger partial charge in [-0.2, -0.15) is 0 Å². The summed E-state index contributed by atoms with van der Waals surface area (Å²) in [6, 6.07) is 5.14. The largest absolute Gasteiger partial charge is 0.330 e. The average molecular weight is 272 g/mol. The van der Waals surface area contributed by atoms with E-state index in [2.05, 4.69) is 15.9 Å². The van der Waals surface area contributed by atoms with Gasteiger partial charge in [0.1, 0.15) is 5.82 Å². The van der Waals surface area contributed by atoms with Crippen molar-refractivity contribution in [1.29, 1.82) is 0 Å². The molecule has 0 spiro atoms. The minimum absolute atomic E-state index is 0.0964. The maximum Gasteiger partial charge on any atom is 0.126 e. The Bertz CT molecular complexity index is 351. The molecule has 1 aromatic carbocycles. The van der Waals surface area contributed by atoms with Gasteiger partial charge in [0.2, 0.25) is 0 Å². The highest BCUT2D eigenvalue weighted by Crippen LogP contribution is 2.36. The number of halogens is 2. The molecule has 0 amide bonds. The van der Waals surface area contributed by atoms with Gasteiger partial charge in [-0.05, 0) is 61.4 Å². The molecule has 3 heteroatoms. The van der Waals surface area contributed by atoms with E-state index in [1.54, 1.807) is 6.07 Å². The highest BCUT2D eigenvalue weighted by Gasteiger charge is 2.29. The Labute approximate surface area is 98.0 Å². The number of rotatable bonds is 3. The predicted octanol–water partition coefficient (Wildman–Crippen LogP) is 3.12. The summed E-state index contributed by atoms with van der Waals surface area (Å²) in [6.45, 7) is 0.736. The summed E-state index contributed by atoms with van der Waals surface area (Å²) in [5.41, 5.74) is 6.46. The van der Waals surface area contributed by atoms with Crippen molar-refractivity contribution in [3.8, 4) is 0 Å². The third-order valence-electron chi connectivity index (χ3n) is 3.37. The van der Waals surface area contributed by atoms with Crippen molar-refractivity contribution in [3.63, 3.8) is 0 Å². The number of hydrogen-bond donors (Lipinski definition) is 1. The van der Waals surface area contributed by atoms with Crippen molar-refractivity contribution in [1.82, 2.24) is 0 Å². The number of hydrogen-bond acceptors (Lipinski definition) is 1. The quantitative estimate of drug-likeness (QED) is 0.898. The van der Waals surface area contributed by atoms with Gasteiger partial charge in [0, 0.05) is 4.47 Å². The van der Waals surface area contributed by atoms with Gasteiger partial charge in [0.15, 0.2) is 0 Å². The molecule has 0 radical (unpaired) electrons. The molecule has 82 valence electrons. The van der Waals surface area contributed by atoms with E-state index >= 15 is 0 Å². The van der Waals surface area contributed by atoms with E-state index in [1.165, 1.54) is 18.9 Å². The summed E-state index contributed by atoms with van der Waals surface area (Å²) in [4.78, 5) is 0. The third kappa shape index (κ3) is 2.40. The Morgan fingerprint density at radius 2 is 2.07 bits per heavy atom. The Morgan fingerprint density at radius 1 is 1.33 bits per heavy atom. The van der Waals surface area contributed by atoms with Gasteiger partial charge in [-0.1, -0.05) is 15.9 Å². The molecule has 0 saturated heterocycles. The van der Waals surface area contributed by atoms with E-state index in [-0.39, 0.29) is 5.82 Å². The van der Waals surface area contributed by atoms with E-state index in [1.807, 2.05) is 6.07 Å². The second kappa shape index (κ2) is 4.62. The van der Waals surface area contributed by atoms with Gasteiger partial charge in [0.25, 0.3) is 0 Å². The molecule has 1 aliphatic carbocycles. The van der Waals surface area contributed by atoms with Crippen LogP contribution in [0.5, 0.6) is 0 Å². The van der Waals surface area contributed by atoms with Crippen molar-refractivity contribution in [2.75, 3.05) is 6.54 Å². The van der Waals surface area contributed by atoms with Crippen molar-refractivity contribution in [2.45, 2.75) is 19.3 Å². The molecule has 2 unspecified atom stereocenters. The van der Waals surface area contributed by atoms with Crippen LogP contribution in [0, 0.1) is 17.7 Å². The van der Waals surface area contributed by atoms with Crippen molar-refractivity contribution >= 4 is 15.9 Å². The molecule has 1 fully saturated rings. The highest BCUT2D eigenvalue weighted by molar-refractivity contribution is 9.10. The monoisotopic (exact) mass is 271 g/mol. The summed E-state index contributed by atoms with van der Waals surface area (Å²) < 4.78 is 14.4. The molecule has 2 rings (SSSR count). The Hall–Kier alpha value is -0.410. The molecule has 0 bridgehead atoms. The van der Waals surface area contributed by atoms with Crippen molar-refractivity contribution < 1.29 is 4.39 Å². The maximum atomic E-state index is 13.5. The Morgan fingerprint density at radius 3 is 2.67 bits per heavy atom. The lowest BCUT2D eigenvalue weighted by Gasteiger charge is -2.36. The van der Waals surface area contributed by atoms with Gasteiger partial charge in [-0.25, -0.2) is 4.39 Å². The summed E-state index contributed by atoms with van der Waals surface area (Å²) in [5.74, 6) is 1.09. The van der Waals surface area contributed by atoms with Crippen LogP contribution in [0.3, 0.4) is 0 Å². The van der Waals surface area contributed by atoms with Crippen LogP contribution in [0.15, 0.2) is 22.7 Å². The molecule has 1 nitrogen and oxygen atoms in total. The Balaban J connectivity index is 2.07. The van der Waals surface area contributed by atoms with Crippen molar-refractivity contribution in [2.24, 2.45) is 17.6 Å². The predicted molar refractivity (Wildman–Crippen MR) is 63.1 cm³/mol. The summed E-state index contributed by atoms with van der Waals surface area (Å²) >= 11 is 3.37. The molecule has 1 aromatic rings. The van der Waals surface area contributed by atoms with E-state index in [9.17, 15) is 4.39 Å². The normalized spacial score (nSPS) is 25.0. The van der Waals surface area contributed by atoms with Crippen LogP contribution in [0.2, 0.25) is 0 Å². The van der Waals surface area contributed by atoms with Gasteiger partial charge >= 0.3 is 0 Å². The minimum Gasteiger partial charge on any atom is -0.330 e. The topological polar surface area (TPSA) is 26.0 Å². The fraction of sp³-hybridized carbons (Fsp3) is 0.500. The van der Waals surface area contributed by atoms with Crippen LogP contribution in [-0.4, -0.2) is 6.54 Å². The molecule has 0 heterocycles. The lowest BCUT2D eigenvalue weighted by atomic mass is 9.71. The molecule has 2 N–H and O–H groups in total. The van der Waals surface area contributed by atoms with E-state index < -0.39 is 0 Å². The first-order chi connectivity index (χ1) is 7.20. The first kappa shape index (κ1) is 11.1. The Kier molecular flexibility index (Phi) is 3.42. The third-order valence-corrected chi connectivity index (χ3v) is 3.86. The van der Waals surface area contributed by atoms with Gasteiger partial charge in [0.05, 0.1) is 0 Å². The van der Waals surface area contributed by atoms with Crippen LogP contribution < -0.4 is 5.73 Å². The number of benzene rings is 1. The fourth-order valence-electron chi connectivity index (χ4n) is 2.20. The van der Waals surface area contributed by atoms with E-state index in [0.717, 1.165) is 23.0 Å². The summed E-state index contributed by atoms with van der Waals surface area (Å²) in [7, 11) is 0. The smallest absolute Gasteiger partial charge is 0.126 e. The first-order valence-corrected chi connectivity index (χ1v) is 6.14. The van der Waals surface area contributed by atoms with Crippen LogP contribution in [0.1, 0.15) is 18.4 Å². The minimum atomic E-state index is -0.0964. The zero-order valence-electron chi connectivity index (χ0n) is 8.55. The summed E-state index contributed by atoms with van der Waals surface area (Å²) in [5, 5.41) is 0. The van der Waals surface area contributed by atoms with Crippen LogP contribution >= 0.6 is 15.9 Å². The maximum absolute atomic E-state index is 13.5.